The van der Waals surface area contributed by atoms with Crippen LogP contribution >= 0.6 is 0 Å². The molecular formula is C19H29N3O3. The van der Waals surface area contributed by atoms with Gasteiger partial charge < -0.3 is 0 Å². The maximum Gasteiger partial charge on any atom is 0.329 e. The molecule has 0 aliphatic carbocycles. The van der Waals surface area contributed by atoms with Crippen LogP contribution in [0.3, 0.4) is 0 Å². The van der Waals surface area contributed by atoms with Crippen LogP contribution < -0.4 is 11.0 Å². The highest BCUT2D eigenvalue weighted by atomic mass is 16.2. The van der Waals surface area contributed by atoms with Crippen LogP contribution in [0.25, 0.3) is 11.0 Å². The van der Waals surface area contributed by atoms with E-state index >= 15 is 0 Å². The second-order valence-corrected chi connectivity index (χ2v) is 5.87. The van der Waals surface area contributed by atoms with Gasteiger partial charge in [-0.05, 0) is 43.9 Å². The first-order valence-corrected chi connectivity index (χ1v) is 8.84. The molecule has 1 unspecified atom stereocenters. The topological polar surface area (TPSA) is 73.1 Å². The fourth-order valence-corrected chi connectivity index (χ4v) is 3.13. The summed E-state index contributed by atoms with van der Waals surface area (Å²) < 4.78 is 3.42. The van der Waals surface area contributed by atoms with Crippen molar-refractivity contribution in [2.45, 2.75) is 59.9 Å². The number of hydrogen-bond acceptors (Lipinski definition) is 3. The Hall–Kier alpha value is -2.37. The SMILES string of the molecule is CC.CCc1c(C)ccc2c1n(C)c(=O)n2C(C)CCC(=O)NC=O. The average molecular weight is 347 g/mol. The van der Waals surface area contributed by atoms with E-state index in [2.05, 4.69) is 12.2 Å². The zero-order chi connectivity index (χ0) is 19.1. The van der Waals surface area contributed by atoms with E-state index in [0.29, 0.717) is 12.8 Å². The molecule has 0 saturated heterocycles. The minimum Gasteiger partial charge on any atom is -0.299 e. The number of imidazole rings is 1. The predicted molar refractivity (Wildman–Crippen MR) is 101 cm³/mol. The van der Waals surface area contributed by atoms with Crippen LogP contribution in [-0.2, 0) is 23.1 Å². The number of imide groups is 1. The summed E-state index contributed by atoms with van der Waals surface area (Å²) in [5.41, 5.74) is 4.12. The first-order chi connectivity index (χ1) is 11.9. The molecule has 0 radical (unpaired) electrons. The van der Waals surface area contributed by atoms with Crippen molar-refractivity contribution in [1.29, 1.82) is 0 Å². The minimum absolute atomic E-state index is 0.0800. The number of hydrogen-bond donors (Lipinski definition) is 1. The Balaban J connectivity index is 0.00000151. The molecule has 0 aliphatic heterocycles. The van der Waals surface area contributed by atoms with Crippen LogP contribution in [0.5, 0.6) is 0 Å². The Morgan fingerprint density at radius 3 is 2.52 bits per heavy atom. The molecular weight excluding hydrogens is 318 g/mol. The van der Waals surface area contributed by atoms with Crippen LogP contribution in [0.15, 0.2) is 16.9 Å². The smallest absolute Gasteiger partial charge is 0.299 e. The Labute approximate surface area is 148 Å². The summed E-state index contributed by atoms with van der Waals surface area (Å²) in [5, 5.41) is 2.12. The molecule has 6 nitrogen and oxygen atoms in total. The fourth-order valence-electron chi connectivity index (χ4n) is 3.13. The van der Waals surface area contributed by atoms with Gasteiger partial charge in [0.1, 0.15) is 0 Å². The minimum atomic E-state index is -0.328. The predicted octanol–water partition coefficient (Wildman–Crippen LogP) is 2.85. The standard InChI is InChI=1S/C17H23N3O3.C2H6/c1-5-13-11(2)6-8-14-16(13)19(4)17(23)20(14)12(3)7-9-15(22)18-10-21;1-2/h6,8,10,12H,5,7,9H2,1-4H3,(H,18,21,22);1-2H3. The zero-order valence-electron chi connectivity index (χ0n) is 16.0. The van der Waals surface area contributed by atoms with Crippen molar-refractivity contribution < 1.29 is 9.59 Å². The summed E-state index contributed by atoms with van der Waals surface area (Å²) in [6.45, 7) is 10.0. The van der Waals surface area contributed by atoms with E-state index in [1.807, 2.05) is 39.8 Å². The maximum atomic E-state index is 12.6. The van der Waals surface area contributed by atoms with Crippen molar-refractivity contribution in [3.8, 4) is 0 Å². The highest BCUT2D eigenvalue weighted by molar-refractivity contribution is 5.85. The van der Waals surface area contributed by atoms with Gasteiger partial charge in [0.2, 0.25) is 12.3 Å². The van der Waals surface area contributed by atoms with E-state index in [1.54, 1.807) is 16.2 Å². The molecule has 138 valence electrons. The molecule has 1 aromatic carbocycles. The molecule has 1 heterocycles. The van der Waals surface area contributed by atoms with Crippen LogP contribution in [0.1, 0.15) is 57.7 Å². The molecule has 1 N–H and O–H groups in total. The zero-order valence-corrected chi connectivity index (χ0v) is 16.0. The van der Waals surface area contributed by atoms with E-state index in [4.69, 9.17) is 0 Å². The van der Waals surface area contributed by atoms with E-state index in [9.17, 15) is 14.4 Å². The van der Waals surface area contributed by atoms with Crippen molar-refractivity contribution in [3.05, 3.63) is 33.7 Å². The normalized spacial score (nSPS) is 11.6. The lowest BCUT2D eigenvalue weighted by atomic mass is 10.0. The van der Waals surface area contributed by atoms with Crippen molar-refractivity contribution in [2.24, 2.45) is 7.05 Å². The summed E-state index contributed by atoms with van der Waals surface area (Å²) in [5.74, 6) is -0.328. The molecule has 0 saturated carbocycles. The molecule has 0 aliphatic rings. The van der Waals surface area contributed by atoms with Crippen molar-refractivity contribution in [1.82, 2.24) is 14.5 Å². The van der Waals surface area contributed by atoms with Gasteiger partial charge >= 0.3 is 5.69 Å². The monoisotopic (exact) mass is 347 g/mol. The Kier molecular flexibility index (Phi) is 7.61. The lowest BCUT2D eigenvalue weighted by Gasteiger charge is -2.13. The third kappa shape index (κ3) is 4.18. The Morgan fingerprint density at radius 2 is 1.96 bits per heavy atom. The van der Waals surface area contributed by atoms with Crippen LogP contribution in [0.4, 0.5) is 0 Å². The molecule has 0 bridgehead atoms. The molecule has 25 heavy (non-hydrogen) atoms. The quantitative estimate of drug-likeness (QED) is 0.817. The van der Waals surface area contributed by atoms with Crippen molar-refractivity contribution in [3.63, 3.8) is 0 Å². The number of aromatic nitrogens is 2. The van der Waals surface area contributed by atoms with Crippen LogP contribution in [0.2, 0.25) is 0 Å². The van der Waals surface area contributed by atoms with Gasteiger partial charge in [-0.15, -0.1) is 0 Å². The number of rotatable bonds is 6. The molecule has 0 spiro atoms. The number of fused-ring (bicyclic) bond motifs is 1. The Bertz CT molecular complexity index is 802. The number of benzene rings is 1. The van der Waals surface area contributed by atoms with E-state index in [-0.39, 0.29) is 24.1 Å². The Morgan fingerprint density at radius 1 is 1.32 bits per heavy atom. The molecule has 2 rings (SSSR count). The highest BCUT2D eigenvalue weighted by Crippen LogP contribution is 2.25. The van der Waals surface area contributed by atoms with Crippen molar-refractivity contribution in [2.75, 3.05) is 0 Å². The van der Waals surface area contributed by atoms with Gasteiger partial charge in [0.25, 0.3) is 0 Å². The molecule has 6 heteroatoms. The van der Waals surface area contributed by atoms with Gasteiger partial charge in [-0.25, -0.2) is 4.79 Å². The first kappa shape index (κ1) is 20.7. The lowest BCUT2D eigenvalue weighted by molar-refractivity contribution is -0.125. The average Bonchev–Trinajstić information content (AvgIpc) is 2.86. The third-order valence-electron chi connectivity index (χ3n) is 4.39. The number of carbonyl (C=O) groups excluding carboxylic acids is 2. The largest absolute Gasteiger partial charge is 0.329 e. The highest BCUT2D eigenvalue weighted by Gasteiger charge is 2.19. The van der Waals surface area contributed by atoms with Gasteiger partial charge in [-0.3, -0.25) is 24.0 Å². The number of nitrogens with zero attached hydrogens (tertiary/aromatic N) is 2. The van der Waals surface area contributed by atoms with Gasteiger partial charge in [0.05, 0.1) is 11.0 Å². The molecule has 1 aromatic heterocycles. The molecule has 2 amide bonds. The second kappa shape index (κ2) is 9.20. The summed E-state index contributed by atoms with van der Waals surface area (Å²) in [4.78, 5) is 34.4. The van der Waals surface area contributed by atoms with Gasteiger partial charge in [0, 0.05) is 19.5 Å². The summed E-state index contributed by atoms with van der Waals surface area (Å²) in [6.07, 6.45) is 1.94. The summed E-state index contributed by atoms with van der Waals surface area (Å²) in [7, 11) is 1.78. The number of amides is 2. The fraction of sp³-hybridized carbons (Fsp3) is 0.526. The van der Waals surface area contributed by atoms with Gasteiger partial charge in [-0.2, -0.15) is 0 Å². The number of carbonyl (C=O) groups is 2. The first-order valence-electron chi connectivity index (χ1n) is 8.84. The summed E-state index contributed by atoms with van der Waals surface area (Å²) in [6, 6.07) is 3.87. The molecule has 2 aromatic rings. The summed E-state index contributed by atoms with van der Waals surface area (Å²) >= 11 is 0. The van der Waals surface area contributed by atoms with Gasteiger partial charge in [0.15, 0.2) is 0 Å². The van der Waals surface area contributed by atoms with Crippen LogP contribution in [0, 0.1) is 6.92 Å². The van der Waals surface area contributed by atoms with Crippen LogP contribution in [-0.4, -0.2) is 21.5 Å². The molecule has 1 atom stereocenters. The van der Waals surface area contributed by atoms with E-state index in [0.717, 1.165) is 17.5 Å². The maximum absolute atomic E-state index is 12.6. The third-order valence-corrected chi connectivity index (χ3v) is 4.39. The number of aryl methyl sites for hydroxylation is 3. The second-order valence-electron chi connectivity index (χ2n) is 5.87. The molecule has 0 fully saturated rings. The van der Waals surface area contributed by atoms with Gasteiger partial charge in [-0.1, -0.05) is 26.8 Å². The lowest BCUT2D eigenvalue weighted by Crippen LogP contribution is -2.27. The van der Waals surface area contributed by atoms with E-state index < -0.39 is 0 Å². The number of nitrogens with one attached hydrogen (secondary N) is 1. The van der Waals surface area contributed by atoms with E-state index in [1.165, 1.54) is 11.1 Å². The van der Waals surface area contributed by atoms with Crippen molar-refractivity contribution >= 4 is 23.4 Å².